The molecule has 1 atom stereocenters. The number of rotatable bonds is 9. The van der Waals surface area contributed by atoms with Crippen LogP contribution >= 0.6 is 0 Å². The van der Waals surface area contributed by atoms with Crippen LogP contribution in [0, 0.1) is 23.7 Å². The molecule has 2 saturated heterocycles. The van der Waals surface area contributed by atoms with Gasteiger partial charge in [-0.3, -0.25) is 9.59 Å². The zero-order chi connectivity index (χ0) is 24.1. The average molecular weight is 455 g/mol. The molecule has 6 heteroatoms. The summed E-state index contributed by atoms with van der Waals surface area (Å²) in [5, 5.41) is 2.89. The largest absolute Gasteiger partial charge is 0.356 e. The monoisotopic (exact) mass is 454 g/mol. The molecule has 2 amide bonds. The van der Waals surface area contributed by atoms with E-state index in [1.165, 1.54) is 12.8 Å². The lowest BCUT2D eigenvalue weighted by molar-refractivity contribution is -0.133. The van der Waals surface area contributed by atoms with Gasteiger partial charge in [-0.2, -0.15) is 0 Å². The smallest absolute Gasteiger partial charge is 0.223 e. The van der Waals surface area contributed by atoms with Crippen LogP contribution in [0.4, 0.5) is 0 Å². The van der Waals surface area contributed by atoms with Crippen molar-refractivity contribution in [2.45, 2.75) is 74.1 Å². The molecule has 0 aromatic rings. The second-order valence-electron chi connectivity index (χ2n) is 10.4. The molecular formula is C26H54N4O2. The van der Waals surface area contributed by atoms with Gasteiger partial charge >= 0.3 is 0 Å². The van der Waals surface area contributed by atoms with Crippen LogP contribution in [0.1, 0.15) is 75.6 Å². The van der Waals surface area contributed by atoms with E-state index in [4.69, 9.17) is 0 Å². The zero-order valence-electron chi connectivity index (χ0n) is 22.2. The maximum absolute atomic E-state index is 12.3. The number of likely N-dealkylation sites (N-methyl/N-ethyl adjacent to an activating group) is 1. The predicted octanol–water partition coefficient (Wildman–Crippen LogP) is 3.96. The molecule has 0 spiro atoms. The molecule has 0 aromatic carbocycles. The van der Waals surface area contributed by atoms with Crippen LogP contribution < -0.4 is 5.32 Å². The van der Waals surface area contributed by atoms with Crippen LogP contribution in [0.15, 0.2) is 0 Å². The van der Waals surface area contributed by atoms with Crippen molar-refractivity contribution >= 4 is 11.8 Å². The summed E-state index contributed by atoms with van der Waals surface area (Å²) >= 11 is 0. The summed E-state index contributed by atoms with van der Waals surface area (Å²) in [5.41, 5.74) is 0. The quantitative estimate of drug-likeness (QED) is 0.573. The van der Waals surface area contributed by atoms with Gasteiger partial charge in [0, 0.05) is 66.1 Å². The summed E-state index contributed by atoms with van der Waals surface area (Å²) in [7, 11) is 0. The Balaban J connectivity index is 0.000000732. The molecule has 0 saturated carbocycles. The summed E-state index contributed by atoms with van der Waals surface area (Å²) in [5.74, 6) is 2.81. The van der Waals surface area contributed by atoms with Crippen LogP contribution in [0.25, 0.3) is 0 Å². The summed E-state index contributed by atoms with van der Waals surface area (Å²) < 4.78 is 0. The summed E-state index contributed by atoms with van der Waals surface area (Å²) in [6.07, 6.45) is 4.22. The van der Waals surface area contributed by atoms with Crippen LogP contribution in [0.3, 0.4) is 0 Å². The number of hydrogen-bond acceptors (Lipinski definition) is 4. The lowest BCUT2D eigenvalue weighted by atomic mass is 9.86. The highest BCUT2D eigenvalue weighted by atomic mass is 16.2. The van der Waals surface area contributed by atoms with E-state index in [1.54, 1.807) is 0 Å². The van der Waals surface area contributed by atoms with Crippen molar-refractivity contribution < 1.29 is 11.0 Å². The molecule has 2 fully saturated rings. The Morgan fingerprint density at radius 2 is 1.47 bits per heavy atom. The van der Waals surface area contributed by atoms with E-state index in [0.717, 1.165) is 77.2 Å². The first-order chi connectivity index (χ1) is 15.2. The fraction of sp³-hybridized carbons (Fsp3) is 0.923. The molecule has 6 nitrogen and oxygen atoms in total. The molecule has 190 valence electrons. The fourth-order valence-corrected chi connectivity index (χ4v) is 4.18. The van der Waals surface area contributed by atoms with Crippen LogP contribution in [-0.4, -0.2) is 85.4 Å². The molecule has 32 heavy (non-hydrogen) atoms. The van der Waals surface area contributed by atoms with Gasteiger partial charge in [0.15, 0.2) is 0 Å². The van der Waals surface area contributed by atoms with Crippen molar-refractivity contribution in [1.82, 2.24) is 20.0 Å². The van der Waals surface area contributed by atoms with Crippen LogP contribution in [0.2, 0.25) is 0 Å². The molecule has 0 bridgehead atoms. The van der Waals surface area contributed by atoms with Gasteiger partial charge in [-0.15, -0.1) is 0 Å². The van der Waals surface area contributed by atoms with E-state index in [2.05, 4.69) is 54.6 Å². The first kappa shape index (κ1) is 28.9. The van der Waals surface area contributed by atoms with Gasteiger partial charge in [0.05, 0.1) is 0 Å². The first-order valence-corrected chi connectivity index (χ1v) is 13.2. The Kier molecular flexibility index (Phi) is 14.1. The Hall–Kier alpha value is -1.14. The summed E-state index contributed by atoms with van der Waals surface area (Å²) in [6.45, 7) is 24.3. The Morgan fingerprint density at radius 3 is 1.94 bits per heavy atom. The molecule has 2 heterocycles. The maximum Gasteiger partial charge on any atom is 0.223 e. The summed E-state index contributed by atoms with van der Waals surface area (Å²) in [6, 6.07) is 0. The van der Waals surface area contributed by atoms with E-state index < -0.39 is 0 Å². The zero-order valence-corrected chi connectivity index (χ0v) is 22.2. The summed E-state index contributed by atoms with van der Waals surface area (Å²) in [4.78, 5) is 30.4. The van der Waals surface area contributed by atoms with Gasteiger partial charge in [-0.05, 0) is 37.1 Å². The molecule has 1 unspecified atom stereocenters. The van der Waals surface area contributed by atoms with Gasteiger partial charge in [0.25, 0.3) is 0 Å². The minimum atomic E-state index is 0. The van der Waals surface area contributed by atoms with Crippen molar-refractivity contribution in [3.05, 3.63) is 0 Å². The fourth-order valence-electron chi connectivity index (χ4n) is 4.18. The number of piperidine rings is 1. The number of nitrogens with zero attached hydrogens (tertiary/aromatic N) is 3. The Bertz CT molecular complexity index is 528. The number of likely N-dealkylation sites (tertiary alicyclic amines) is 1. The third-order valence-electron chi connectivity index (χ3n) is 7.24. The number of amides is 2. The molecule has 2 aliphatic heterocycles. The highest BCUT2D eigenvalue weighted by Crippen LogP contribution is 2.24. The maximum atomic E-state index is 12.3. The van der Waals surface area contributed by atoms with Gasteiger partial charge in [-0.25, -0.2) is 0 Å². The number of carbonyl (C=O) groups excluding carboxylic acids is 2. The van der Waals surface area contributed by atoms with E-state index in [9.17, 15) is 9.59 Å². The molecule has 0 aliphatic carbocycles. The number of carbonyl (C=O) groups is 2. The number of nitrogens with one attached hydrogen (secondary N) is 1. The predicted molar refractivity (Wildman–Crippen MR) is 137 cm³/mol. The SMILES string of the molecule is CCC(C)CNC(=O)C(C)C.CCN1CCN(CCC(=O)N2CCC(C(C)C)CC2)CC1.[HH]. The van der Waals surface area contributed by atoms with Crippen LogP contribution in [-0.2, 0) is 9.59 Å². The van der Waals surface area contributed by atoms with Crippen LogP contribution in [0.5, 0.6) is 0 Å². The minimum Gasteiger partial charge on any atom is -0.356 e. The number of hydrogen-bond donors (Lipinski definition) is 1. The molecule has 2 aliphatic rings. The van der Waals surface area contributed by atoms with Gasteiger partial charge < -0.3 is 20.0 Å². The van der Waals surface area contributed by atoms with Crippen molar-refractivity contribution in [2.24, 2.45) is 23.7 Å². The van der Waals surface area contributed by atoms with Crippen molar-refractivity contribution in [2.75, 3.05) is 58.9 Å². The topological polar surface area (TPSA) is 55.9 Å². The number of piperazine rings is 1. The lowest BCUT2D eigenvalue weighted by Crippen LogP contribution is -2.47. The third kappa shape index (κ3) is 11.1. The van der Waals surface area contributed by atoms with Gasteiger partial charge in [0.2, 0.25) is 11.8 Å². The molecular weight excluding hydrogens is 400 g/mol. The highest BCUT2D eigenvalue weighted by Gasteiger charge is 2.25. The first-order valence-electron chi connectivity index (χ1n) is 13.2. The van der Waals surface area contributed by atoms with E-state index in [1.807, 2.05) is 13.8 Å². The third-order valence-corrected chi connectivity index (χ3v) is 7.24. The lowest BCUT2D eigenvalue weighted by Gasteiger charge is -2.36. The molecule has 1 N–H and O–H groups in total. The van der Waals surface area contributed by atoms with E-state index in [-0.39, 0.29) is 13.3 Å². The van der Waals surface area contributed by atoms with E-state index >= 15 is 0 Å². The second-order valence-corrected chi connectivity index (χ2v) is 10.4. The van der Waals surface area contributed by atoms with Crippen molar-refractivity contribution in [3.8, 4) is 0 Å². The van der Waals surface area contributed by atoms with Gasteiger partial charge in [-0.1, -0.05) is 54.9 Å². The van der Waals surface area contributed by atoms with Crippen molar-refractivity contribution in [1.29, 1.82) is 0 Å². The second kappa shape index (κ2) is 15.7. The van der Waals surface area contributed by atoms with E-state index in [0.29, 0.717) is 18.2 Å². The minimum absolute atomic E-state index is 0. The molecule has 2 rings (SSSR count). The Labute approximate surface area is 199 Å². The van der Waals surface area contributed by atoms with Crippen molar-refractivity contribution in [3.63, 3.8) is 0 Å². The molecule has 0 aromatic heterocycles. The molecule has 0 radical (unpaired) electrons. The van der Waals surface area contributed by atoms with Gasteiger partial charge in [0.1, 0.15) is 0 Å². The highest BCUT2D eigenvalue weighted by molar-refractivity contribution is 5.77. The average Bonchev–Trinajstić information content (AvgIpc) is 2.81. The standard InChI is InChI=1S/C17H33N3O.C9H19NO.H2/c1-4-18-11-13-19(14-12-18)8-7-17(21)20-9-5-16(6-10-20)15(2)3;1-5-8(4)6-10-9(11)7(2)3;/h15-16H,4-14H2,1-3H3;7-8H,5-6H2,1-4H3,(H,10,11);1H. The Morgan fingerprint density at radius 1 is 0.906 bits per heavy atom. The normalized spacial score (nSPS) is 19.6.